The van der Waals surface area contributed by atoms with E-state index in [0.717, 1.165) is 5.56 Å². The van der Waals surface area contributed by atoms with Crippen LogP contribution >= 0.6 is 11.3 Å². The molecule has 1 heterocycles. The molecule has 1 amide bonds. The SMILES string of the molecule is CCOC(=O)c1c(-c2ccc(OC)cc2)csc1NC(=O)COC(=O)c1ccc(CO)cc1. The fourth-order valence-corrected chi connectivity index (χ4v) is 3.94. The van der Waals surface area contributed by atoms with E-state index < -0.39 is 24.5 Å². The van der Waals surface area contributed by atoms with Gasteiger partial charge in [0.05, 0.1) is 25.9 Å². The number of esters is 2. The van der Waals surface area contributed by atoms with Gasteiger partial charge < -0.3 is 24.6 Å². The van der Waals surface area contributed by atoms with Gasteiger partial charge in [0.2, 0.25) is 0 Å². The summed E-state index contributed by atoms with van der Waals surface area (Å²) in [6.07, 6.45) is 0. The third-order valence-electron chi connectivity index (χ3n) is 4.63. The van der Waals surface area contributed by atoms with Crippen LogP contribution in [0.4, 0.5) is 5.00 Å². The molecule has 9 heteroatoms. The van der Waals surface area contributed by atoms with Crippen LogP contribution in [0.3, 0.4) is 0 Å². The van der Waals surface area contributed by atoms with Gasteiger partial charge in [0.25, 0.3) is 5.91 Å². The molecule has 8 nitrogen and oxygen atoms in total. The Labute approximate surface area is 194 Å². The van der Waals surface area contributed by atoms with Gasteiger partial charge in [0.15, 0.2) is 6.61 Å². The standard InChI is InChI=1S/C24H23NO7S/c1-3-31-24(29)21-19(16-8-10-18(30-2)11-9-16)14-33-22(21)25-20(27)13-32-23(28)17-6-4-15(12-26)5-7-17/h4-11,14,26H,3,12-13H2,1-2H3,(H,25,27). The highest BCUT2D eigenvalue weighted by Gasteiger charge is 2.23. The molecule has 0 atom stereocenters. The molecule has 2 aromatic carbocycles. The van der Waals surface area contributed by atoms with Gasteiger partial charge in [-0.1, -0.05) is 24.3 Å². The van der Waals surface area contributed by atoms with Crippen molar-refractivity contribution in [3.8, 4) is 16.9 Å². The van der Waals surface area contributed by atoms with E-state index in [1.54, 1.807) is 55.8 Å². The molecule has 0 unspecified atom stereocenters. The van der Waals surface area contributed by atoms with Crippen molar-refractivity contribution in [3.05, 3.63) is 70.6 Å². The number of carbonyl (C=O) groups is 3. The summed E-state index contributed by atoms with van der Waals surface area (Å²) in [5.74, 6) is -1.16. The number of amides is 1. The molecule has 0 fully saturated rings. The molecular formula is C24H23NO7S. The van der Waals surface area contributed by atoms with Crippen LogP contribution < -0.4 is 10.1 Å². The lowest BCUT2D eigenvalue weighted by Gasteiger charge is -2.10. The van der Waals surface area contributed by atoms with E-state index in [1.807, 2.05) is 0 Å². The van der Waals surface area contributed by atoms with Gasteiger partial charge in [0.1, 0.15) is 16.3 Å². The van der Waals surface area contributed by atoms with E-state index in [0.29, 0.717) is 21.9 Å². The van der Waals surface area contributed by atoms with Crippen LogP contribution in [0.2, 0.25) is 0 Å². The molecule has 2 N–H and O–H groups in total. The van der Waals surface area contributed by atoms with Gasteiger partial charge in [-0.2, -0.15) is 0 Å². The summed E-state index contributed by atoms with van der Waals surface area (Å²) in [4.78, 5) is 37.2. The lowest BCUT2D eigenvalue weighted by molar-refractivity contribution is -0.119. The summed E-state index contributed by atoms with van der Waals surface area (Å²) >= 11 is 1.17. The average molecular weight is 470 g/mol. The molecule has 3 rings (SSSR count). The topological polar surface area (TPSA) is 111 Å². The Kier molecular flexibility index (Phi) is 8.17. The number of anilines is 1. The van der Waals surface area contributed by atoms with Crippen molar-refractivity contribution in [1.29, 1.82) is 0 Å². The van der Waals surface area contributed by atoms with Crippen LogP contribution in [-0.4, -0.2) is 43.3 Å². The molecule has 0 aliphatic heterocycles. The number of aliphatic hydroxyl groups excluding tert-OH is 1. The minimum Gasteiger partial charge on any atom is -0.497 e. The Morgan fingerprint density at radius 2 is 1.67 bits per heavy atom. The van der Waals surface area contributed by atoms with Crippen LogP contribution in [-0.2, 0) is 20.9 Å². The minimum absolute atomic E-state index is 0.139. The number of nitrogens with one attached hydrogen (secondary N) is 1. The normalized spacial score (nSPS) is 10.4. The number of thiophene rings is 1. The Hall–Kier alpha value is -3.69. The van der Waals surface area contributed by atoms with E-state index in [-0.39, 0.29) is 24.3 Å². The smallest absolute Gasteiger partial charge is 0.341 e. The van der Waals surface area contributed by atoms with E-state index >= 15 is 0 Å². The maximum absolute atomic E-state index is 12.6. The number of hydrogen-bond acceptors (Lipinski definition) is 8. The highest BCUT2D eigenvalue weighted by atomic mass is 32.1. The van der Waals surface area contributed by atoms with Crippen molar-refractivity contribution in [1.82, 2.24) is 0 Å². The van der Waals surface area contributed by atoms with Crippen molar-refractivity contribution in [2.75, 3.05) is 25.6 Å². The zero-order valence-corrected chi connectivity index (χ0v) is 18.9. The summed E-state index contributed by atoms with van der Waals surface area (Å²) in [6, 6.07) is 13.3. The summed E-state index contributed by atoms with van der Waals surface area (Å²) < 4.78 is 15.4. The Balaban J connectivity index is 1.73. The Morgan fingerprint density at radius 3 is 2.27 bits per heavy atom. The second-order valence-electron chi connectivity index (χ2n) is 6.78. The molecule has 0 saturated carbocycles. The minimum atomic E-state index is -0.676. The zero-order chi connectivity index (χ0) is 23.8. The predicted octanol–water partition coefficient (Wildman–Crippen LogP) is 3.89. The fourth-order valence-electron chi connectivity index (χ4n) is 2.96. The van der Waals surface area contributed by atoms with E-state index in [2.05, 4.69) is 5.32 Å². The van der Waals surface area contributed by atoms with Crippen molar-refractivity contribution >= 4 is 34.2 Å². The number of methoxy groups -OCH3 is 1. The average Bonchev–Trinajstić information content (AvgIpc) is 3.26. The predicted molar refractivity (Wildman–Crippen MR) is 124 cm³/mol. The van der Waals surface area contributed by atoms with E-state index in [9.17, 15) is 14.4 Å². The lowest BCUT2D eigenvalue weighted by atomic mass is 10.0. The van der Waals surface area contributed by atoms with Gasteiger partial charge in [-0.05, 0) is 42.3 Å². The first-order valence-corrected chi connectivity index (χ1v) is 10.9. The Morgan fingerprint density at radius 1 is 0.970 bits per heavy atom. The molecule has 3 aromatic rings. The molecule has 0 bridgehead atoms. The summed E-state index contributed by atoms with van der Waals surface area (Å²) in [7, 11) is 1.56. The highest BCUT2D eigenvalue weighted by Crippen LogP contribution is 2.36. The molecule has 0 aliphatic rings. The summed E-state index contributed by atoms with van der Waals surface area (Å²) in [5.41, 5.74) is 2.50. The number of benzene rings is 2. The largest absolute Gasteiger partial charge is 0.497 e. The Bertz CT molecular complexity index is 1120. The van der Waals surface area contributed by atoms with Crippen LogP contribution in [0.5, 0.6) is 5.75 Å². The van der Waals surface area contributed by atoms with Crippen molar-refractivity contribution in [2.45, 2.75) is 13.5 Å². The van der Waals surface area contributed by atoms with Crippen molar-refractivity contribution < 1.29 is 33.7 Å². The number of aliphatic hydroxyl groups is 1. The van der Waals surface area contributed by atoms with Crippen LogP contribution in [0, 0.1) is 0 Å². The van der Waals surface area contributed by atoms with Crippen LogP contribution in [0.1, 0.15) is 33.2 Å². The maximum atomic E-state index is 12.6. The van der Waals surface area contributed by atoms with Gasteiger partial charge >= 0.3 is 11.9 Å². The van der Waals surface area contributed by atoms with Crippen molar-refractivity contribution in [3.63, 3.8) is 0 Å². The molecule has 0 spiro atoms. The molecular weight excluding hydrogens is 446 g/mol. The number of carbonyl (C=O) groups excluding carboxylic acids is 3. The number of rotatable bonds is 9. The molecule has 172 valence electrons. The van der Waals surface area contributed by atoms with E-state index in [1.165, 1.54) is 23.5 Å². The number of hydrogen-bond donors (Lipinski definition) is 2. The first-order valence-electron chi connectivity index (χ1n) is 10.1. The second-order valence-corrected chi connectivity index (χ2v) is 7.66. The maximum Gasteiger partial charge on any atom is 0.341 e. The third kappa shape index (κ3) is 5.97. The first kappa shape index (κ1) is 24.0. The molecule has 1 aromatic heterocycles. The second kappa shape index (κ2) is 11.3. The molecule has 0 radical (unpaired) electrons. The van der Waals surface area contributed by atoms with Crippen LogP contribution in [0.25, 0.3) is 11.1 Å². The molecule has 0 aliphatic carbocycles. The van der Waals surface area contributed by atoms with Gasteiger partial charge in [-0.25, -0.2) is 9.59 Å². The third-order valence-corrected chi connectivity index (χ3v) is 5.53. The fraction of sp³-hybridized carbons (Fsp3) is 0.208. The first-order chi connectivity index (χ1) is 16.0. The quantitative estimate of drug-likeness (QED) is 0.458. The van der Waals surface area contributed by atoms with Crippen molar-refractivity contribution in [2.24, 2.45) is 0 Å². The number of ether oxygens (including phenoxy) is 3. The lowest BCUT2D eigenvalue weighted by Crippen LogP contribution is -2.21. The van der Waals surface area contributed by atoms with Gasteiger partial charge in [0, 0.05) is 10.9 Å². The molecule has 0 saturated heterocycles. The summed E-state index contributed by atoms with van der Waals surface area (Å²) in [5, 5.41) is 13.7. The summed E-state index contributed by atoms with van der Waals surface area (Å²) in [6.45, 7) is 1.21. The van der Waals surface area contributed by atoms with Gasteiger partial charge in [-0.3, -0.25) is 4.79 Å². The monoisotopic (exact) mass is 469 g/mol. The van der Waals surface area contributed by atoms with Gasteiger partial charge in [-0.15, -0.1) is 11.3 Å². The van der Waals surface area contributed by atoms with E-state index in [4.69, 9.17) is 19.3 Å². The molecule has 33 heavy (non-hydrogen) atoms. The highest BCUT2D eigenvalue weighted by molar-refractivity contribution is 7.15. The zero-order valence-electron chi connectivity index (χ0n) is 18.1. The van der Waals surface area contributed by atoms with Crippen LogP contribution in [0.15, 0.2) is 53.9 Å².